The van der Waals surface area contributed by atoms with Gasteiger partial charge >= 0.3 is 0 Å². The highest BCUT2D eigenvalue weighted by molar-refractivity contribution is 7.91. The van der Waals surface area contributed by atoms with E-state index in [1.165, 1.54) is 22.3 Å². The summed E-state index contributed by atoms with van der Waals surface area (Å²) in [4.78, 5) is 2.40. The molecule has 3 nitrogen and oxygen atoms in total. The molecular weight excluding hydrogens is 294 g/mol. The summed E-state index contributed by atoms with van der Waals surface area (Å²) < 4.78 is 23.6. The van der Waals surface area contributed by atoms with E-state index in [1.54, 1.807) is 0 Å². The highest BCUT2D eigenvalue weighted by atomic mass is 32.2. The topological polar surface area (TPSA) is 37.4 Å². The van der Waals surface area contributed by atoms with Crippen molar-refractivity contribution in [3.05, 3.63) is 34.4 Å². The van der Waals surface area contributed by atoms with Crippen LogP contribution in [0.15, 0.2) is 12.1 Å². The Morgan fingerprint density at radius 3 is 2.32 bits per heavy atom. The van der Waals surface area contributed by atoms with Gasteiger partial charge in [0.1, 0.15) is 0 Å². The Morgan fingerprint density at radius 1 is 1.18 bits per heavy atom. The zero-order valence-corrected chi connectivity index (χ0v) is 15.2. The second-order valence-electron chi connectivity index (χ2n) is 6.76. The fourth-order valence-electron chi connectivity index (χ4n) is 3.48. The molecule has 1 aromatic carbocycles. The minimum atomic E-state index is -2.83. The van der Waals surface area contributed by atoms with E-state index in [4.69, 9.17) is 0 Å². The zero-order chi connectivity index (χ0) is 16.3. The highest BCUT2D eigenvalue weighted by Gasteiger charge is 2.32. The Morgan fingerprint density at radius 2 is 1.82 bits per heavy atom. The van der Waals surface area contributed by atoms with Gasteiger partial charge in [-0.25, -0.2) is 8.42 Å². The van der Waals surface area contributed by atoms with Gasteiger partial charge in [-0.05, 0) is 56.8 Å². The quantitative estimate of drug-likeness (QED) is 0.805. The molecule has 1 atom stereocenters. The summed E-state index contributed by atoms with van der Waals surface area (Å²) in [5.41, 5.74) is 5.30. The highest BCUT2D eigenvalue weighted by Crippen LogP contribution is 2.24. The van der Waals surface area contributed by atoms with Crippen LogP contribution in [0.25, 0.3) is 0 Å². The van der Waals surface area contributed by atoms with E-state index in [1.807, 2.05) is 0 Å². The van der Waals surface area contributed by atoms with Crippen LogP contribution in [0.1, 0.15) is 48.4 Å². The first-order valence-corrected chi connectivity index (χ1v) is 10.2. The maximum absolute atomic E-state index is 11.8. The Labute approximate surface area is 135 Å². The van der Waals surface area contributed by atoms with Crippen molar-refractivity contribution in [1.29, 1.82) is 0 Å². The van der Waals surface area contributed by atoms with E-state index in [2.05, 4.69) is 44.7 Å². The lowest BCUT2D eigenvalue weighted by atomic mass is 9.98. The second-order valence-corrected chi connectivity index (χ2v) is 8.99. The third kappa shape index (κ3) is 4.32. The maximum Gasteiger partial charge on any atom is 0.151 e. The minimum Gasteiger partial charge on any atom is -0.295 e. The number of rotatable bonds is 6. The molecule has 0 spiro atoms. The normalized spacial score (nSPS) is 20.7. The standard InChI is InChI=1S/C18H29NO2S/c1-5-6-8-19(17-7-9-22(20,21)13-17)12-18-15(3)10-14(2)11-16(18)4/h10-11,17H,5-9,12-13H2,1-4H3. The van der Waals surface area contributed by atoms with Crippen LogP contribution in [0.4, 0.5) is 0 Å². The van der Waals surface area contributed by atoms with Crippen molar-refractivity contribution in [1.82, 2.24) is 4.90 Å². The summed E-state index contributed by atoms with van der Waals surface area (Å²) in [7, 11) is -2.83. The van der Waals surface area contributed by atoms with E-state index in [0.29, 0.717) is 11.5 Å². The number of hydrogen-bond donors (Lipinski definition) is 0. The van der Waals surface area contributed by atoms with Gasteiger partial charge in [0.05, 0.1) is 11.5 Å². The SMILES string of the molecule is CCCCN(Cc1c(C)cc(C)cc1C)C1CCS(=O)(=O)C1. The van der Waals surface area contributed by atoms with Crippen molar-refractivity contribution in [3.63, 3.8) is 0 Å². The molecule has 22 heavy (non-hydrogen) atoms. The van der Waals surface area contributed by atoms with Crippen molar-refractivity contribution >= 4 is 9.84 Å². The van der Waals surface area contributed by atoms with Crippen LogP contribution in [-0.2, 0) is 16.4 Å². The molecule has 1 fully saturated rings. The first-order chi connectivity index (χ1) is 10.3. The molecule has 1 aliphatic rings. The van der Waals surface area contributed by atoms with Gasteiger partial charge in [-0.2, -0.15) is 0 Å². The minimum absolute atomic E-state index is 0.191. The number of hydrogen-bond acceptors (Lipinski definition) is 3. The third-order valence-corrected chi connectivity index (χ3v) is 6.48. The van der Waals surface area contributed by atoms with Gasteiger partial charge in [0.15, 0.2) is 9.84 Å². The molecule has 0 saturated carbocycles. The summed E-state index contributed by atoms with van der Waals surface area (Å²) in [6, 6.07) is 4.65. The number of nitrogens with zero attached hydrogens (tertiary/aromatic N) is 1. The predicted molar refractivity (Wildman–Crippen MR) is 93.0 cm³/mol. The fraction of sp³-hybridized carbons (Fsp3) is 0.667. The van der Waals surface area contributed by atoms with E-state index in [-0.39, 0.29) is 6.04 Å². The molecule has 0 aromatic heterocycles. The molecule has 0 N–H and O–H groups in total. The molecule has 0 radical (unpaired) electrons. The van der Waals surface area contributed by atoms with Gasteiger partial charge in [-0.15, -0.1) is 0 Å². The zero-order valence-electron chi connectivity index (χ0n) is 14.4. The summed E-state index contributed by atoms with van der Waals surface area (Å²) in [6.07, 6.45) is 3.05. The molecule has 124 valence electrons. The molecule has 0 amide bonds. The molecule has 2 rings (SSSR count). The van der Waals surface area contributed by atoms with Crippen molar-refractivity contribution in [2.24, 2.45) is 0 Å². The van der Waals surface area contributed by atoms with E-state index in [0.717, 1.165) is 32.4 Å². The molecule has 1 saturated heterocycles. The van der Waals surface area contributed by atoms with Crippen molar-refractivity contribution in [3.8, 4) is 0 Å². The van der Waals surface area contributed by atoms with E-state index in [9.17, 15) is 8.42 Å². The van der Waals surface area contributed by atoms with E-state index >= 15 is 0 Å². The van der Waals surface area contributed by atoms with Gasteiger partial charge in [-0.1, -0.05) is 31.0 Å². The molecule has 1 heterocycles. The average molecular weight is 324 g/mol. The molecule has 4 heteroatoms. The number of unbranched alkanes of at least 4 members (excludes halogenated alkanes) is 1. The summed E-state index contributed by atoms with van der Waals surface area (Å²) in [5, 5.41) is 0. The van der Waals surface area contributed by atoms with Crippen molar-refractivity contribution in [2.45, 2.75) is 59.5 Å². The average Bonchev–Trinajstić information content (AvgIpc) is 2.77. The number of benzene rings is 1. The lowest BCUT2D eigenvalue weighted by Gasteiger charge is -2.29. The van der Waals surface area contributed by atoms with Crippen LogP contribution >= 0.6 is 0 Å². The van der Waals surface area contributed by atoms with Gasteiger partial charge in [0.2, 0.25) is 0 Å². The Bertz CT molecular complexity index is 599. The number of aryl methyl sites for hydroxylation is 3. The van der Waals surface area contributed by atoms with Crippen LogP contribution in [0, 0.1) is 20.8 Å². The van der Waals surface area contributed by atoms with E-state index < -0.39 is 9.84 Å². The molecule has 1 aromatic rings. The van der Waals surface area contributed by atoms with Gasteiger partial charge < -0.3 is 0 Å². The molecule has 1 aliphatic heterocycles. The summed E-state index contributed by atoms with van der Waals surface area (Å²) >= 11 is 0. The molecule has 1 unspecified atom stereocenters. The van der Waals surface area contributed by atoms with Gasteiger partial charge in [0, 0.05) is 12.6 Å². The number of sulfone groups is 1. The first-order valence-electron chi connectivity index (χ1n) is 8.33. The van der Waals surface area contributed by atoms with Crippen molar-refractivity contribution < 1.29 is 8.42 Å². The van der Waals surface area contributed by atoms with Crippen molar-refractivity contribution in [2.75, 3.05) is 18.1 Å². The maximum atomic E-state index is 11.8. The van der Waals surface area contributed by atoms with Gasteiger partial charge in [-0.3, -0.25) is 4.90 Å². The molecule has 0 bridgehead atoms. The Hall–Kier alpha value is -0.870. The second kappa shape index (κ2) is 7.14. The Kier molecular flexibility index (Phi) is 5.67. The van der Waals surface area contributed by atoms with Crippen LogP contribution in [0.2, 0.25) is 0 Å². The van der Waals surface area contributed by atoms with Crippen LogP contribution in [0.5, 0.6) is 0 Å². The summed E-state index contributed by atoms with van der Waals surface area (Å²) in [6.45, 7) is 10.5. The van der Waals surface area contributed by atoms with Crippen LogP contribution in [0.3, 0.4) is 0 Å². The fourth-order valence-corrected chi connectivity index (χ4v) is 5.24. The smallest absolute Gasteiger partial charge is 0.151 e. The monoisotopic (exact) mass is 323 g/mol. The van der Waals surface area contributed by atoms with Crippen LogP contribution in [-0.4, -0.2) is 37.4 Å². The third-order valence-electron chi connectivity index (χ3n) is 4.73. The molecule has 0 aliphatic carbocycles. The molecular formula is C18H29NO2S. The predicted octanol–water partition coefficient (Wildman–Crippen LogP) is 3.40. The summed E-state index contributed by atoms with van der Waals surface area (Å²) in [5.74, 6) is 0.687. The Balaban J connectivity index is 2.20. The lowest BCUT2D eigenvalue weighted by Crippen LogP contribution is -2.36. The first kappa shape index (κ1) is 17.5. The van der Waals surface area contributed by atoms with Gasteiger partial charge in [0.25, 0.3) is 0 Å². The van der Waals surface area contributed by atoms with Crippen LogP contribution < -0.4 is 0 Å². The lowest BCUT2D eigenvalue weighted by molar-refractivity contribution is 0.199. The largest absolute Gasteiger partial charge is 0.295 e.